The molecule has 0 saturated heterocycles. The molecule has 0 bridgehead atoms. The van der Waals surface area contributed by atoms with Crippen LogP contribution in [0, 0.1) is 12.3 Å². The van der Waals surface area contributed by atoms with Gasteiger partial charge in [0, 0.05) is 24.7 Å². The molecule has 1 amide bonds. The molecule has 3 nitrogen and oxygen atoms in total. The third-order valence-corrected chi connectivity index (χ3v) is 4.26. The minimum Gasteiger partial charge on any atom is -0.351 e. The molecule has 0 spiro atoms. The number of aryl methyl sites for hydroxylation is 1. The predicted molar refractivity (Wildman–Crippen MR) is 78.3 cm³/mol. The highest BCUT2D eigenvalue weighted by atomic mass is 16.1. The maximum atomic E-state index is 11.9. The van der Waals surface area contributed by atoms with Crippen molar-refractivity contribution in [1.29, 1.82) is 0 Å². The van der Waals surface area contributed by atoms with Crippen molar-refractivity contribution in [2.75, 3.05) is 13.1 Å². The van der Waals surface area contributed by atoms with Gasteiger partial charge in [0.1, 0.15) is 0 Å². The first kappa shape index (κ1) is 14.1. The molecule has 19 heavy (non-hydrogen) atoms. The summed E-state index contributed by atoms with van der Waals surface area (Å²) in [5.41, 5.74) is 2.39. The molecule has 1 atom stereocenters. The highest BCUT2D eigenvalue weighted by Gasteiger charge is 2.41. The van der Waals surface area contributed by atoms with Crippen molar-refractivity contribution in [3.05, 3.63) is 35.4 Å². The van der Waals surface area contributed by atoms with E-state index in [1.54, 1.807) is 0 Å². The van der Waals surface area contributed by atoms with Crippen LogP contribution in [-0.2, 0) is 0 Å². The summed E-state index contributed by atoms with van der Waals surface area (Å²) in [6, 6.07) is 8.19. The van der Waals surface area contributed by atoms with E-state index in [2.05, 4.69) is 24.5 Å². The highest BCUT2D eigenvalue weighted by Crippen LogP contribution is 2.47. The predicted octanol–water partition coefficient (Wildman–Crippen LogP) is 2.50. The van der Waals surface area contributed by atoms with Crippen molar-refractivity contribution in [3.63, 3.8) is 0 Å². The Morgan fingerprint density at radius 2 is 1.89 bits per heavy atom. The first-order valence-corrected chi connectivity index (χ1v) is 7.09. The number of amides is 1. The van der Waals surface area contributed by atoms with Crippen molar-refractivity contribution in [1.82, 2.24) is 10.6 Å². The van der Waals surface area contributed by atoms with Crippen LogP contribution in [0.2, 0.25) is 0 Å². The number of benzene rings is 1. The summed E-state index contributed by atoms with van der Waals surface area (Å²) in [7, 11) is 0. The fourth-order valence-corrected chi connectivity index (χ4v) is 2.15. The molecular weight excluding hydrogens is 236 g/mol. The first-order chi connectivity index (χ1) is 9.01. The number of hydrogen-bond acceptors (Lipinski definition) is 2. The van der Waals surface area contributed by atoms with E-state index in [4.69, 9.17) is 0 Å². The molecule has 0 aliphatic heterocycles. The number of nitrogens with one attached hydrogen (secondary N) is 2. The van der Waals surface area contributed by atoms with Gasteiger partial charge in [0.25, 0.3) is 5.91 Å². The van der Waals surface area contributed by atoms with Gasteiger partial charge in [-0.15, -0.1) is 0 Å². The van der Waals surface area contributed by atoms with E-state index in [1.807, 2.05) is 31.2 Å². The van der Waals surface area contributed by atoms with Gasteiger partial charge in [-0.25, -0.2) is 0 Å². The molecule has 0 radical (unpaired) electrons. The lowest BCUT2D eigenvalue weighted by Crippen LogP contribution is -2.39. The minimum atomic E-state index is 0.00656. The average Bonchev–Trinajstić information content (AvgIpc) is 3.14. The summed E-state index contributed by atoms with van der Waals surface area (Å²) in [5.74, 6) is 0.00656. The molecule has 1 fully saturated rings. The molecule has 2 N–H and O–H groups in total. The second-order valence-electron chi connectivity index (χ2n) is 5.95. The average molecular weight is 260 g/mol. The van der Waals surface area contributed by atoms with Gasteiger partial charge in [-0.2, -0.15) is 0 Å². The Morgan fingerprint density at radius 1 is 1.26 bits per heavy atom. The Labute approximate surface area is 115 Å². The minimum absolute atomic E-state index is 0.00656. The second kappa shape index (κ2) is 5.74. The van der Waals surface area contributed by atoms with E-state index in [-0.39, 0.29) is 5.91 Å². The largest absolute Gasteiger partial charge is 0.351 e. The standard InChI is InChI=1S/C16H24N2O/c1-12-4-6-14(7-5-12)15(19)18-11-10-17-13(2)16(3)8-9-16/h4-7,13,17H,8-11H2,1-3H3,(H,18,19). The topological polar surface area (TPSA) is 41.1 Å². The summed E-state index contributed by atoms with van der Waals surface area (Å²) in [4.78, 5) is 11.9. The van der Waals surface area contributed by atoms with Crippen LogP contribution < -0.4 is 10.6 Å². The lowest BCUT2D eigenvalue weighted by molar-refractivity contribution is 0.0953. The fourth-order valence-electron chi connectivity index (χ4n) is 2.15. The van der Waals surface area contributed by atoms with E-state index in [9.17, 15) is 4.79 Å². The van der Waals surface area contributed by atoms with Crippen molar-refractivity contribution >= 4 is 5.91 Å². The smallest absolute Gasteiger partial charge is 0.251 e. The Bertz CT molecular complexity index is 435. The third kappa shape index (κ3) is 3.80. The molecule has 0 heterocycles. The summed E-state index contributed by atoms with van der Waals surface area (Å²) < 4.78 is 0. The van der Waals surface area contributed by atoms with Crippen LogP contribution in [0.5, 0.6) is 0 Å². The van der Waals surface area contributed by atoms with Gasteiger partial charge in [-0.3, -0.25) is 4.79 Å². The molecule has 104 valence electrons. The third-order valence-electron chi connectivity index (χ3n) is 4.26. The Kier molecular flexibility index (Phi) is 4.25. The van der Waals surface area contributed by atoms with Crippen LogP contribution in [0.4, 0.5) is 0 Å². The van der Waals surface area contributed by atoms with E-state index in [0.29, 0.717) is 18.0 Å². The maximum absolute atomic E-state index is 11.9. The lowest BCUT2D eigenvalue weighted by Gasteiger charge is -2.20. The second-order valence-corrected chi connectivity index (χ2v) is 5.95. The molecule has 0 aromatic heterocycles. The summed E-state index contributed by atoms with van der Waals surface area (Å²) in [6.45, 7) is 8.07. The Hall–Kier alpha value is -1.35. The van der Waals surface area contributed by atoms with Gasteiger partial charge < -0.3 is 10.6 Å². The van der Waals surface area contributed by atoms with Crippen molar-refractivity contribution in [3.8, 4) is 0 Å². The number of carbonyl (C=O) groups excluding carboxylic acids is 1. The maximum Gasteiger partial charge on any atom is 0.251 e. The first-order valence-electron chi connectivity index (χ1n) is 7.09. The lowest BCUT2D eigenvalue weighted by atomic mass is 10.0. The molecular formula is C16H24N2O. The molecule has 1 aromatic carbocycles. The molecule has 1 unspecified atom stereocenters. The summed E-state index contributed by atoms with van der Waals surface area (Å²) in [6.07, 6.45) is 2.63. The SMILES string of the molecule is Cc1ccc(C(=O)NCCNC(C)C2(C)CC2)cc1. The van der Waals surface area contributed by atoms with Gasteiger partial charge in [-0.05, 0) is 44.2 Å². The molecule has 2 rings (SSSR count). The molecule has 1 saturated carbocycles. The molecule has 1 aromatic rings. The van der Waals surface area contributed by atoms with Crippen LogP contribution in [0.3, 0.4) is 0 Å². The molecule has 1 aliphatic rings. The number of carbonyl (C=O) groups is 1. The van der Waals surface area contributed by atoms with Crippen LogP contribution in [-0.4, -0.2) is 25.0 Å². The van der Waals surface area contributed by atoms with Crippen LogP contribution in [0.15, 0.2) is 24.3 Å². The van der Waals surface area contributed by atoms with E-state index >= 15 is 0 Å². The summed E-state index contributed by atoms with van der Waals surface area (Å²) >= 11 is 0. The fraction of sp³-hybridized carbons (Fsp3) is 0.562. The van der Waals surface area contributed by atoms with Crippen LogP contribution >= 0.6 is 0 Å². The molecule has 3 heteroatoms. The number of hydrogen-bond donors (Lipinski definition) is 2. The highest BCUT2D eigenvalue weighted by molar-refractivity contribution is 5.94. The zero-order valence-electron chi connectivity index (χ0n) is 12.1. The van der Waals surface area contributed by atoms with E-state index in [0.717, 1.165) is 12.1 Å². The zero-order chi connectivity index (χ0) is 13.9. The normalized spacial score (nSPS) is 17.8. The van der Waals surface area contributed by atoms with E-state index < -0.39 is 0 Å². The zero-order valence-corrected chi connectivity index (χ0v) is 12.1. The Balaban J connectivity index is 1.68. The van der Waals surface area contributed by atoms with Gasteiger partial charge in [0.05, 0.1) is 0 Å². The monoisotopic (exact) mass is 260 g/mol. The van der Waals surface area contributed by atoms with Gasteiger partial charge in [0.2, 0.25) is 0 Å². The van der Waals surface area contributed by atoms with E-state index in [1.165, 1.54) is 18.4 Å². The van der Waals surface area contributed by atoms with Gasteiger partial charge in [-0.1, -0.05) is 24.6 Å². The quantitative estimate of drug-likeness (QED) is 0.772. The van der Waals surface area contributed by atoms with Gasteiger partial charge in [0.15, 0.2) is 0 Å². The summed E-state index contributed by atoms with van der Waals surface area (Å²) in [5, 5.41) is 6.43. The molecule has 1 aliphatic carbocycles. The van der Waals surface area contributed by atoms with Crippen LogP contribution in [0.1, 0.15) is 42.6 Å². The van der Waals surface area contributed by atoms with Crippen molar-refractivity contribution < 1.29 is 4.79 Å². The Morgan fingerprint density at radius 3 is 2.47 bits per heavy atom. The van der Waals surface area contributed by atoms with Crippen LogP contribution in [0.25, 0.3) is 0 Å². The van der Waals surface area contributed by atoms with Crippen molar-refractivity contribution in [2.24, 2.45) is 5.41 Å². The number of rotatable bonds is 6. The van der Waals surface area contributed by atoms with Gasteiger partial charge >= 0.3 is 0 Å². The van der Waals surface area contributed by atoms with Crippen molar-refractivity contribution in [2.45, 2.75) is 39.7 Å².